The first-order chi connectivity index (χ1) is 10.2. The van der Waals surface area contributed by atoms with E-state index in [2.05, 4.69) is 20.8 Å². The third kappa shape index (κ3) is 4.60. The van der Waals surface area contributed by atoms with Crippen molar-refractivity contribution < 1.29 is 14.3 Å². The minimum absolute atomic E-state index is 0.188. The lowest BCUT2D eigenvalue weighted by Gasteiger charge is -2.16. The first-order valence-electron chi connectivity index (χ1n) is 6.55. The molecule has 1 amide bonds. The summed E-state index contributed by atoms with van der Waals surface area (Å²) in [5.41, 5.74) is 0.660. The molecule has 8 heteroatoms. The van der Waals surface area contributed by atoms with Crippen molar-refractivity contribution in [1.29, 1.82) is 0 Å². The maximum absolute atomic E-state index is 12.8. The zero-order valence-corrected chi connectivity index (χ0v) is 11.3. The number of amides is 1. The molecule has 112 valence electrons. The number of tetrazole rings is 1. The number of rotatable bonds is 7. The number of hydrogen-bond acceptors (Lipinski definition) is 5. The van der Waals surface area contributed by atoms with Crippen LogP contribution in [0.5, 0.6) is 0 Å². The maximum atomic E-state index is 12.8. The Hall–Kier alpha value is -2.35. The molecule has 0 spiro atoms. The van der Waals surface area contributed by atoms with Crippen LogP contribution in [0, 0.1) is 5.82 Å². The minimum Gasteiger partial charge on any atom is -0.394 e. The molecule has 0 radical (unpaired) electrons. The summed E-state index contributed by atoms with van der Waals surface area (Å²) in [7, 11) is 0. The molecule has 0 saturated carbocycles. The number of nitrogens with one attached hydrogen (secondary N) is 1. The van der Waals surface area contributed by atoms with Crippen LogP contribution in [0.1, 0.15) is 24.4 Å². The Morgan fingerprint density at radius 2 is 2.14 bits per heavy atom. The van der Waals surface area contributed by atoms with E-state index >= 15 is 0 Å². The molecule has 0 fully saturated rings. The van der Waals surface area contributed by atoms with Crippen molar-refractivity contribution in [2.24, 2.45) is 0 Å². The van der Waals surface area contributed by atoms with E-state index in [1.54, 1.807) is 0 Å². The molecule has 7 nitrogen and oxygen atoms in total. The van der Waals surface area contributed by atoms with Gasteiger partial charge < -0.3 is 10.4 Å². The lowest BCUT2D eigenvalue weighted by Crippen LogP contribution is -2.30. The minimum atomic E-state index is -0.536. The molecule has 2 aromatic rings. The van der Waals surface area contributed by atoms with Crippen LogP contribution in [0.15, 0.2) is 30.6 Å². The SMILES string of the molecule is O=C(CCCn1cnnn1)N[C@@H](CO)c1ccc(F)cc1. The number of aromatic nitrogens is 4. The monoisotopic (exact) mass is 293 g/mol. The topological polar surface area (TPSA) is 92.9 Å². The van der Waals surface area contributed by atoms with Crippen LogP contribution in [-0.4, -0.2) is 37.8 Å². The van der Waals surface area contributed by atoms with Gasteiger partial charge in [-0.05, 0) is 34.5 Å². The highest BCUT2D eigenvalue weighted by molar-refractivity contribution is 5.76. The summed E-state index contributed by atoms with van der Waals surface area (Å²) in [5, 5.41) is 22.7. The van der Waals surface area contributed by atoms with E-state index in [-0.39, 0.29) is 24.8 Å². The largest absolute Gasteiger partial charge is 0.394 e. The summed E-state index contributed by atoms with van der Waals surface area (Å²) in [6.07, 6.45) is 2.35. The Morgan fingerprint density at radius 3 is 2.76 bits per heavy atom. The molecule has 21 heavy (non-hydrogen) atoms. The van der Waals surface area contributed by atoms with Gasteiger partial charge in [-0.25, -0.2) is 9.07 Å². The van der Waals surface area contributed by atoms with Crippen molar-refractivity contribution in [1.82, 2.24) is 25.5 Å². The number of carbonyl (C=O) groups excluding carboxylic acids is 1. The van der Waals surface area contributed by atoms with Crippen LogP contribution in [0.2, 0.25) is 0 Å². The number of nitrogens with zero attached hydrogens (tertiary/aromatic N) is 4. The number of aliphatic hydroxyl groups excluding tert-OH is 1. The van der Waals surface area contributed by atoms with Crippen molar-refractivity contribution in [3.05, 3.63) is 42.0 Å². The van der Waals surface area contributed by atoms with E-state index in [1.165, 1.54) is 35.3 Å². The van der Waals surface area contributed by atoms with Gasteiger partial charge >= 0.3 is 0 Å². The Bertz CT molecular complexity index is 558. The molecule has 0 aliphatic heterocycles. The summed E-state index contributed by atoms with van der Waals surface area (Å²) in [6.45, 7) is 0.297. The highest BCUT2D eigenvalue weighted by Crippen LogP contribution is 2.13. The van der Waals surface area contributed by atoms with Crippen molar-refractivity contribution in [2.45, 2.75) is 25.4 Å². The molecule has 2 rings (SSSR count). The molecule has 0 saturated heterocycles. The van der Waals surface area contributed by atoms with Gasteiger partial charge in [-0.1, -0.05) is 12.1 Å². The number of hydrogen-bond donors (Lipinski definition) is 2. The van der Waals surface area contributed by atoms with Gasteiger partial charge in [0.15, 0.2) is 0 Å². The highest BCUT2D eigenvalue weighted by Gasteiger charge is 2.13. The Kier molecular flexibility index (Phi) is 5.33. The van der Waals surface area contributed by atoms with Crippen molar-refractivity contribution in [2.75, 3.05) is 6.61 Å². The first-order valence-corrected chi connectivity index (χ1v) is 6.55. The summed E-state index contributed by atoms with van der Waals surface area (Å²) in [4.78, 5) is 11.8. The predicted molar refractivity (Wildman–Crippen MR) is 71.4 cm³/mol. The smallest absolute Gasteiger partial charge is 0.220 e. The Labute approximate surface area is 120 Å². The number of benzene rings is 1. The van der Waals surface area contributed by atoms with Crippen LogP contribution >= 0.6 is 0 Å². The van der Waals surface area contributed by atoms with Gasteiger partial charge in [0.25, 0.3) is 0 Å². The number of carbonyl (C=O) groups is 1. The Balaban J connectivity index is 1.80. The molecular formula is C13H16FN5O2. The van der Waals surface area contributed by atoms with E-state index in [0.29, 0.717) is 18.5 Å². The van der Waals surface area contributed by atoms with E-state index in [1.807, 2.05) is 0 Å². The van der Waals surface area contributed by atoms with Gasteiger partial charge in [-0.2, -0.15) is 0 Å². The number of aryl methyl sites for hydroxylation is 1. The first kappa shape index (κ1) is 15.0. The van der Waals surface area contributed by atoms with Gasteiger partial charge in [0, 0.05) is 13.0 Å². The fraction of sp³-hybridized carbons (Fsp3) is 0.385. The van der Waals surface area contributed by atoms with Crippen molar-refractivity contribution in [3.63, 3.8) is 0 Å². The average molecular weight is 293 g/mol. The molecule has 0 unspecified atom stereocenters. The van der Waals surface area contributed by atoms with Crippen LogP contribution in [0.3, 0.4) is 0 Å². The Morgan fingerprint density at radius 1 is 1.38 bits per heavy atom. The summed E-state index contributed by atoms with van der Waals surface area (Å²) in [5.74, 6) is -0.547. The van der Waals surface area contributed by atoms with Crippen LogP contribution in [0.25, 0.3) is 0 Å². The standard InChI is InChI=1S/C13H16FN5O2/c14-11-5-3-10(4-6-11)12(8-20)16-13(21)2-1-7-19-9-15-17-18-19/h3-6,9,12,20H,1-2,7-8H2,(H,16,21)/t12-/m0/s1. The molecule has 1 aromatic carbocycles. The zero-order chi connectivity index (χ0) is 15.1. The highest BCUT2D eigenvalue weighted by atomic mass is 19.1. The number of aliphatic hydroxyl groups is 1. The fourth-order valence-electron chi connectivity index (χ4n) is 1.88. The summed E-state index contributed by atoms with van der Waals surface area (Å²) in [6, 6.07) is 5.13. The van der Waals surface area contributed by atoms with Crippen molar-refractivity contribution >= 4 is 5.91 Å². The lowest BCUT2D eigenvalue weighted by molar-refractivity contribution is -0.122. The molecule has 2 N–H and O–H groups in total. The molecule has 1 aromatic heterocycles. The van der Waals surface area contributed by atoms with E-state index in [4.69, 9.17) is 0 Å². The van der Waals surface area contributed by atoms with Gasteiger partial charge in [-0.3, -0.25) is 4.79 Å². The summed E-state index contributed by atoms with van der Waals surface area (Å²) < 4.78 is 14.4. The molecule has 0 aliphatic rings. The second-order valence-corrected chi connectivity index (χ2v) is 4.53. The zero-order valence-electron chi connectivity index (χ0n) is 11.3. The maximum Gasteiger partial charge on any atom is 0.220 e. The molecule has 0 aliphatic carbocycles. The van der Waals surface area contributed by atoms with Gasteiger partial charge in [-0.15, -0.1) is 5.10 Å². The quantitative estimate of drug-likeness (QED) is 0.773. The van der Waals surface area contributed by atoms with Gasteiger partial charge in [0.05, 0.1) is 12.6 Å². The second kappa shape index (κ2) is 7.44. The average Bonchev–Trinajstić information content (AvgIpc) is 2.99. The third-order valence-electron chi connectivity index (χ3n) is 2.97. The van der Waals surface area contributed by atoms with E-state index < -0.39 is 6.04 Å². The van der Waals surface area contributed by atoms with Crippen molar-refractivity contribution in [3.8, 4) is 0 Å². The van der Waals surface area contributed by atoms with E-state index in [9.17, 15) is 14.3 Å². The second-order valence-electron chi connectivity index (χ2n) is 4.53. The molecule has 1 heterocycles. The molecular weight excluding hydrogens is 277 g/mol. The van der Waals surface area contributed by atoms with Gasteiger partial charge in [0.1, 0.15) is 12.1 Å². The lowest BCUT2D eigenvalue weighted by atomic mass is 10.1. The fourth-order valence-corrected chi connectivity index (χ4v) is 1.88. The van der Waals surface area contributed by atoms with Crippen LogP contribution < -0.4 is 5.32 Å². The molecule has 1 atom stereocenters. The van der Waals surface area contributed by atoms with E-state index in [0.717, 1.165) is 0 Å². The van der Waals surface area contributed by atoms with Gasteiger partial charge in [0.2, 0.25) is 5.91 Å². The number of halogens is 1. The predicted octanol–water partition coefficient (Wildman–Crippen LogP) is 0.442. The van der Waals surface area contributed by atoms with Crippen LogP contribution in [0.4, 0.5) is 4.39 Å². The van der Waals surface area contributed by atoms with Crippen LogP contribution in [-0.2, 0) is 11.3 Å². The normalized spacial score (nSPS) is 12.1. The summed E-state index contributed by atoms with van der Waals surface area (Å²) >= 11 is 0. The third-order valence-corrected chi connectivity index (χ3v) is 2.97. The molecule has 0 bridgehead atoms.